The molecular formula is C52H32N6. The van der Waals surface area contributed by atoms with Crippen molar-refractivity contribution in [2.24, 2.45) is 0 Å². The predicted octanol–water partition coefficient (Wildman–Crippen LogP) is 12.5. The molecule has 10 aromatic rings. The maximum absolute atomic E-state index is 9.46. The van der Waals surface area contributed by atoms with Gasteiger partial charge in [0.15, 0.2) is 17.5 Å². The largest absolute Gasteiger partial charge is 0.253 e. The second-order valence-corrected chi connectivity index (χ2v) is 14.1. The number of benzene rings is 7. The molecule has 3 aromatic heterocycles. The van der Waals surface area contributed by atoms with Crippen LogP contribution in [0.5, 0.6) is 0 Å². The third-order valence-corrected chi connectivity index (χ3v) is 10.4. The van der Waals surface area contributed by atoms with E-state index in [1.165, 1.54) is 5.56 Å². The van der Waals surface area contributed by atoms with Crippen molar-refractivity contribution in [1.29, 1.82) is 5.26 Å². The van der Waals surface area contributed by atoms with E-state index in [0.29, 0.717) is 23.0 Å². The predicted molar refractivity (Wildman–Crippen MR) is 233 cm³/mol. The molecule has 0 radical (unpaired) electrons. The molecule has 10 rings (SSSR count). The van der Waals surface area contributed by atoms with Crippen LogP contribution < -0.4 is 0 Å². The summed E-state index contributed by atoms with van der Waals surface area (Å²) in [6, 6.07) is 63.9. The average molecular weight is 741 g/mol. The van der Waals surface area contributed by atoms with Gasteiger partial charge in [0.2, 0.25) is 0 Å². The Hall–Kier alpha value is -8.14. The zero-order valence-corrected chi connectivity index (χ0v) is 31.2. The van der Waals surface area contributed by atoms with Crippen molar-refractivity contribution in [1.82, 2.24) is 24.9 Å². The summed E-state index contributed by atoms with van der Waals surface area (Å²) in [6.07, 6.45) is 3.83. The smallest absolute Gasteiger partial charge is 0.164 e. The van der Waals surface area contributed by atoms with Crippen molar-refractivity contribution in [2.45, 2.75) is 0 Å². The third kappa shape index (κ3) is 6.74. The SMILES string of the molecule is N#Cc1ccc(-c2nc(-c3cccc(-c4cccc(-c5ccccc5)c4)c3)nc(-c3cccc(-c4cnc5c(ccc6cc(-c7ccccc7)cnc65)c4)c3)n2)cc1. The van der Waals surface area contributed by atoms with Crippen molar-refractivity contribution in [3.63, 3.8) is 0 Å². The Labute approximate surface area is 335 Å². The Morgan fingerprint density at radius 2 is 0.690 bits per heavy atom. The van der Waals surface area contributed by atoms with Gasteiger partial charge in [0, 0.05) is 51.0 Å². The molecule has 0 aliphatic rings. The molecule has 58 heavy (non-hydrogen) atoms. The highest BCUT2D eigenvalue weighted by Gasteiger charge is 2.15. The zero-order chi connectivity index (χ0) is 38.8. The van der Waals surface area contributed by atoms with E-state index in [4.69, 9.17) is 24.9 Å². The average Bonchev–Trinajstić information content (AvgIpc) is 3.31. The van der Waals surface area contributed by atoms with Crippen molar-refractivity contribution >= 4 is 21.8 Å². The Morgan fingerprint density at radius 1 is 0.310 bits per heavy atom. The molecule has 0 aliphatic carbocycles. The molecule has 0 aliphatic heterocycles. The highest BCUT2D eigenvalue weighted by Crippen LogP contribution is 2.33. The number of pyridine rings is 2. The van der Waals surface area contributed by atoms with Crippen LogP contribution in [0, 0.1) is 11.3 Å². The Bertz CT molecular complexity index is 3170. The number of hydrogen-bond donors (Lipinski definition) is 0. The molecule has 0 spiro atoms. The van der Waals surface area contributed by atoms with E-state index in [9.17, 15) is 5.26 Å². The van der Waals surface area contributed by atoms with Crippen LogP contribution in [0.2, 0.25) is 0 Å². The van der Waals surface area contributed by atoms with E-state index >= 15 is 0 Å². The molecule has 0 fully saturated rings. The van der Waals surface area contributed by atoms with Gasteiger partial charge in [-0.05, 0) is 88.0 Å². The van der Waals surface area contributed by atoms with E-state index in [0.717, 1.165) is 77.4 Å². The molecule has 0 N–H and O–H groups in total. The molecule has 0 saturated heterocycles. The molecule has 6 nitrogen and oxygen atoms in total. The molecule has 7 aromatic carbocycles. The van der Waals surface area contributed by atoms with Gasteiger partial charge in [0.05, 0.1) is 22.7 Å². The van der Waals surface area contributed by atoms with E-state index in [1.807, 2.05) is 73.1 Å². The fourth-order valence-electron chi connectivity index (χ4n) is 7.38. The van der Waals surface area contributed by atoms with E-state index in [-0.39, 0.29) is 0 Å². The molecule has 0 bridgehead atoms. The summed E-state index contributed by atoms with van der Waals surface area (Å²) >= 11 is 0. The molecule has 6 heteroatoms. The van der Waals surface area contributed by atoms with Gasteiger partial charge in [-0.1, -0.05) is 127 Å². The standard InChI is InChI=1S/C52H32N6/c53-31-34-20-22-37(23-21-34)50-56-51(44-18-8-16-40(27-44)39-15-7-14-38(26-39)35-10-3-1-4-11-35)58-52(57-50)45-19-9-17-41(28-45)47-30-43-25-24-42-29-46(36-12-5-2-6-13-36)32-54-48(42)49(43)55-33-47/h1-30,32-33H. The maximum Gasteiger partial charge on any atom is 0.164 e. The zero-order valence-electron chi connectivity index (χ0n) is 31.2. The number of fused-ring (bicyclic) bond motifs is 3. The van der Waals surface area contributed by atoms with Gasteiger partial charge in [-0.15, -0.1) is 0 Å². The number of nitriles is 1. The first-order chi connectivity index (χ1) is 28.6. The number of aromatic nitrogens is 5. The first-order valence-electron chi connectivity index (χ1n) is 19.0. The first kappa shape index (κ1) is 34.4. The normalized spacial score (nSPS) is 11.1. The van der Waals surface area contributed by atoms with Crippen LogP contribution in [0.25, 0.3) is 100 Å². The molecule has 3 heterocycles. The fraction of sp³-hybridized carbons (Fsp3) is 0. The third-order valence-electron chi connectivity index (χ3n) is 10.4. The van der Waals surface area contributed by atoms with Crippen LogP contribution in [0.4, 0.5) is 0 Å². The second-order valence-electron chi connectivity index (χ2n) is 14.1. The first-order valence-corrected chi connectivity index (χ1v) is 19.0. The van der Waals surface area contributed by atoms with Crippen molar-refractivity contribution in [3.05, 3.63) is 200 Å². The maximum atomic E-state index is 9.46. The summed E-state index contributed by atoms with van der Waals surface area (Å²) in [5, 5.41) is 11.5. The van der Waals surface area contributed by atoms with Gasteiger partial charge in [0.25, 0.3) is 0 Å². The summed E-state index contributed by atoms with van der Waals surface area (Å²) in [5.41, 5.74) is 13.5. The van der Waals surface area contributed by atoms with Gasteiger partial charge in [-0.25, -0.2) is 15.0 Å². The lowest BCUT2D eigenvalue weighted by atomic mass is 9.98. The van der Waals surface area contributed by atoms with Crippen LogP contribution in [-0.4, -0.2) is 24.9 Å². The van der Waals surface area contributed by atoms with E-state index in [2.05, 4.69) is 115 Å². The Balaban J connectivity index is 1.03. The molecule has 270 valence electrons. The Kier molecular flexibility index (Phi) is 8.79. The summed E-state index contributed by atoms with van der Waals surface area (Å²) in [5.74, 6) is 1.62. The highest BCUT2D eigenvalue weighted by molar-refractivity contribution is 6.04. The van der Waals surface area contributed by atoms with Gasteiger partial charge in [-0.3, -0.25) is 9.97 Å². The minimum Gasteiger partial charge on any atom is -0.253 e. The van der Waals surface area contributed by atoms with Crippen LogP contribution in [0.15, 0.2) is 194 Å². The molecule has 0 saturated carbocycles. The minimum atomic E-state index is 0.522. The highest BCUT2D eigenvalue weighted by atomic mass is 15.0. The van der Waals surface area contributed by atoms with Gasteiger partial charge < -0.3 is 0 Å². The van der Waals surface area contributed by atoms with Gasteiger partial charge >= 0.3 is 0 Å². The topological polar surface area (TPSA) is 88.2 Å². The number of rotatable bonds is 7. The van der Waals surface area contributed by atoms with Crippen LogP contribution >= 0.6 is 0 Å². The lowest BCUT2D eigenvalue weighted by Gasteiger charge is -2.11. The van der Waals surface area contributed by atoms with Crippen LogP contribution in [0.3, 0.4) is 0 Å². The quantitative estimate of drug-likeness (QED) is 0.151. The number of hydrogen-bond acceptors (Lipinski definition) is 6. The van der Waals surface area contributed by atoms with Gasteiger partial charge in [0.1, 0.15) is 0 Å². The van der Waals surface area contributed by atoms with Crippen molar-refractivity contribution in [3.8, 4) is 84.7 Å². The molecule has 0 amide bonds. The van der Waals surface area contributed by atoms with Crippen molar-refractivity contribution in [2.75, 3.05) is 0 Å². The summed E-state index contributed by atoms with van der Waals surface area (Å²) < 4.78 is 0. The summed E-state index contributed by atoms with van der Waals surface area (Å²) in [4.78, 5) is 24.9. The lowest BCUT2D eigenvalue weighted by Crippen LogP contribution is -2.00. The van der Waals surface area contributed by atoms with Gasteiger partial charge in [-0.2, -0.15) is 5.26 Å². The lowest BCUT2D eigenvalue weighted by molar-refractivity contribution is 1.07. The fourth-order valence-corrected chi connectivity index (χ4v) is 7.38. The van der Waals surface area contributed by atoms with Crippen molar-refractivity contribution < 1.29 is 0 Å². The molecule has 0 atom stereocenters. The summed E-state index contributed by atoms with van der Waals surface area (Å²) in [6.45, 7) is 0. The Morgan fingerprint density at radius 3 is 1.19 bits per heavy atom. The molecule has 0 unspecified atom stereocenters. The number of nitrogens with zero attached hydrogens (tertiary/aromatic N) is 6. The van der Waals surface area contributed by atoms with Crippen LogP contribution in [0.1, 0.15) is 5.56 Å². The van der Waals surface area contributed by atoms with Crippen LogP contribution in [-0.2, 0) is 0 Å². The van der Waals surface area contributed by atoms with E-state index in [1.54, 1.807) is 12.1 Å². The summed E-state index contributed by atoms with van der Waals surface area (Å²) in [7, 11) is 0. The second kappa shape index (κ2) is 14.8. The minimum absolute atomic E-state index is 0.522. The molecular weight excluding hydrogens is 709 g/mol. The van der Waals surface area contributed by atoms with E-state index < -0.39 is 0 Å². The monoisotopic (exact) mass is 740 g/mol.